The molecular weight excluding hydrogens is 218 g/mol. The lowest BCUT2D eigenvalue weighted by atomic mass is 10.2. The van der Waals surface area contributed by atoms with E-state index < -0.39 is 0 Å². The molecule has 0 saturated heterocycles. The fourth-order valence-corrected chi connectivity index (χ4v) is 2.50. The SMILES string of the molecule is CC(CO)CSc1nnc(N(C)C)s1. The summed E-state index contributed by atoms with van der Waals surface area (Å²) in [5, 5.41) is 17.9. The van der Waals surface area contributed by atoms with Gasteiger partial charge in [-0.1, -0.05) is 30.0 Å². The van der Waals surface area contributed by atoms with Crippen molar-refractivity contribution in [1.29, 1.82) is 0 Å². The van der Waals surface area contributed by atoms with Crippen LogP contribution < -0.4 is 4.90 Å². The van der Waals surface area contributed by atoms with E-state index in [0.29, 0.717) is 5.92 Å². The Labute approximate surface area is 92.3 Å². The lowest BCUT2D eigenvalue weighted by Crippen LogP contribution is -2.07. The number of aliphatic hydroxyl groups is 1. The molecule has 0 aliphatic heterocycles. The van der Waals surface area contributed by atoms with Crippen molar-refractivity contribution in [3.63, 3.8) is 0 Å². The number of hydrogen-bond donors (Lipinski definition) is 1. The molecule has 1 rings (SSSR count). The van der Waals surface area contributed by atoms with Crippen LogP contribution in [0.1, 0.15) is 6.92 Å². The second-order valence-corrected chi connectivity index (χ2v) is 5.57. The predicted molar refractivity (Wildman–Crippen MR) is 61.2 cm³/mol. The zero-order valence-electron chi connectivity index (χ0n) is 8.60. The van der Waals surface area contributed by atoms with Crippen molar-refractivity contribution in [2.75, 3.05) is 31.4 Å². The Hall–Kier alpha value is -0.330. The topological polar surface area (TPSA) is 49.3 Å². The number of aliphatic hydroxyl groups excluding tert-OH is 1. The maximum atomic E-state index is 8.85. The highest BCUT2D eigenvalue weighted by atomic mass is 32.2. The first kappa shape index (κ1) is 11.7. The van der Waals surface area contributed by atoms with Gasteiger partial charge >= 0.3 is 0 Å². The molecule has 0 aromatic carbocycles. The summed E-state index contributed by atoms with van der Waals surface area (Å²) >= 11 is 3.23. The van der Waals surface area contributed by atoms with Gasteiger partial charge in [-0.05, 0) is 5.92 Å². The molecule has 0 aliphatic carbocycles. The summed E-state index contributed by atoms with van der Waals surface area (Å²) in [4.78, 5) is 1.94. The van der Waals surface area contributed by atoms with Crippen LogP contribution >= 0.6 is 23.1 Å². The quantitative estimate of drug-likeness (QED) is 0.777. The van der Waals surface area contributed by atoms with E-state index in [4.69, 9.17) is 5.11 Å². The van der Waals surface area contributed by atoms with Crippen LogP contribution in [0.5, 0.6) is 0 Å². The average molecular weight is 233 g/mol. The van der Waals surface area contributed by atoms with E-state index in [9.17, 15) is 0 Å². The van der Waals surface area contributed by atoms with Crippen molar-refractivity contribution in [3.05, 3.63) is 0 Å². The van der Waals surface area contributed by atoms with Crippen molar-refractivity contribution >= 4 is 28.2 Å². The summed E-state index contributed by atoms with van der Waals surface area (Å²) in [7, 11) is 3.90. The smallest absolute Gasteiger partial charge is 0.208 e. The molecule has 0 fully saturated rings. The number of rotatable bonds is 5. The number of anilines is 1. The van der Waals surface area contributed by atoms with E-state index in [1.807, 2.05) is 25.9 Å². The molecule has 1 atom stereocenters. The number of thioether (sulfide) groups is 1. The third-order valence-corrected chi connectivity index (χ3v) is 4.13. The third kappa shape index (κ3) is 3.43. The van der Waals surface area contributed by atoms with Gasteiger partial charge in [-0.2, -0.15) is 0 Å². The molecule has 0 amide bonds. The number of hydrogen-bond acceptors (Lipinski definition) is 6. The lowest BCUT2D eigenvalue weighted by Gasteiger charge is -2.04. The van der Waals surface area contributed by atoms with Crippen LogP contribution in [0.2, 0.25) is 0 Å². The molecule has 14 heavy (non-hydrogen) atoms. The minimum absolute atomic E-state index is 0.229. The summed E-state index contributed by atoms with van der Waals surface area (Å²) < 4.78 is 0.967. The molecule has 6 heteroatoms. The Bertz CT molecular complexity index is 277. The first-order valence-corrected chi connectivity index (χ1v) is 6.18. The van der Waals surface area contributed by atoms with Gasteiger partial charge in [0.15, 0.2) is 4.34 Å². The minimum atomic E-state index is 0.229. The molecule has 0 radical (unpaired) electrons. The first-order valence-electron chi connectivity index (χ1n) is 4.38. The van der Waals surface area contributed by atoms with Crippen molar-refractivity contribution in [2.45, 2.75) is 11.3 Å². The van der Waals surface area contributed by atoms with E-state index in [1.165, 1.54) is 0 Å². The Morgan fingerprint density at radius 2 is 2.21 bits per heavy atom. The molecule has 1 heterocycles. The Kier molecular flexibility index (Phi) is 4.64. The van der Waals surface area contributed by atoms with Crippen LogP contribution in [-0.4, -0.2) is 41.8 Å². The number of aromatic nitrogens is 2. The Morgan fingerprint density at radius 3 is 2.71 bits per heavy atom. The molecular formula is C8H15N3OS2. The van der Waals surface area contributed by atoms with Gasteiger partial charge in [0.2, 0.25) is 5.13 Å². The molecule has 0 bridgehead atoms. The van der Waals surface area contributed by atoms with Crippen LogP contribution in [0.15, 0.2) is 4.34 Å². The van der Waals surface area contributed by atoms with Crippen LogP contribution in [0.25, 0.3) is 0 Å². The van der Waals surface area contributed by atoms with E-state index in [2.05, 4.69) is 10.2 Å². The summed E-state index contributed by atoms with van der Waals surface area (Å²) in [6, 6.07) is 0. The van der Waals surface area contributed by atoms with E-state index in [-0.39, 0.29) is 6.61 Å². The van der Waals surface area contributed by atoms with Gasteiger partial charge in [0.1, 0.15) is 0 Å². The van der Waals surface area contributed by atoms with Crippen LogP contribution in [-0.2, 0) is 0 Å². The summed E-state index contributed by atoms with van der Waals surface area (Å²) in [5.74, 6) is 1.20. The van der Waals surface area contributed by atoms with Crippen LogP contribution in [0.3, 0.4) is 0 Å². The maximum Gasteiger partial charge on any atom is 0.208 e. The van der Waals surface area contributed by atoms with Gasteiger partial charge in [-0.25, -0.2) is 0 Å². The highest BCUT2D eigenvalue weighted by Crippen LogP contribution is 2.27. The third-order valence-electron chi connectivity index (χ3n) is 1.58. The largest absolute Gasteiger partial charge is 0.396 e. The van der Waals surface area contributed by atoms with Gasteiger partial charge in [-0.15, -0.1) is 10.2 Å². The fraction of sp³-hybridized carbons (Fsp3) is 0.750. The average Bonchev–Trinajstić information content (AvgIpc) is 2.62. The highest BCUT2D eigenvalue weighted by molar-refractivity contribution is 8.01. The van der Waals surface area contributed by atoms with Gasteiger partial charge < -0.3 is 10.0 Å². The zero-order chi connectivity index (χ0) is 10.6. The van der Waals surface area contributed by atoms with E-state index >= 15 is 0 Å². The van der Waals surface area contributed by atoms with Gasteiger partial charge in [0, 0.05) is 26.5 Å². The monoisotopic (exact) mass is 233 g/mol. The Balaban J connectivity index is 2.44. The van der Waals surface area contributed by atoms with E-state index in [1.54, 1.807) is 23.1 Å². The zero-order valence-corrected chi connectivity index (χ0v) is 10.2. The van der Waals surface area contributed by atoms with Crippen molar-refractivity contribution in [1.82, 2.24) is 10.2 Å². The van der Waals surface area contributed by atoms with Crippen LogP contribution in [0, 0.1) is 5.92 Å². The minimum Gasteiger partial charge on any atom is -0.396 e. The summed E-state index contributed by atoms with van der Waals surface area (Å²) in [6.07, 6.45) is 0. The molecule has 80 valence electrons. The molecule has 1 aromatic rings. The molecule has 0 spiro atoms. The van der Waals surface area contributed by atoms with Crippen molar-refractivity contribution in [2.24, 2.45) is 5.92 Å². The second-order valence-electron chi connectivity index (χ2n) is 3.34. The second kappa shape index (κ2) is 5.53. The normalized spacial score (nSPS) is 12.9. The molecule has 1 N–H and O–H groups in total. The molecule has 1 aromatic heterocycles. The van der Waals surface area contributed by atoms with Gasteiger partial charge in [0.25, 0.3) is 0 Å². The van der Waals surface area contributed by atoms with Gasteiger partial charge in [0.05, 0.1) is 0 Å². The Morgan fingerprint density at radius 1 is 1.50 bits per heavy atom. The first-order chi connectivity index (χ1) is 6.63. The molecule has 4 nitrogen and oxygen atoms in total. The molecule has 0 aliphatic rings. The van der Waals surface area contributed by atoms with E-state index in [0.717, 1.165) is 15.2 Å². The number of nitrogens with zero attached hydrogens (tertiary/aromatic N) is 3. The predicted octanol–water partition coefficient (Wildman–Crippen LogP) is 1.32. The molecule has 0 saturated carbocycles. The van der Waals surface area contributed by atoms with Crippen molar-refractivity contribution in [3.8, 4) is 0 Å². The standard InChI is InChI=1S/C8H15N3OS2/c1-6(4-12)5-13-8-10-9-7(14-8)11(2)3/h6,12H,4-5H2,1-3H3. The fourth-order valence-electron chi connectivity index (χ4n) is 0.708. The lowest BCUT2D eigenvalue weighted by molar-refractivity contribution is 0.250. The summed E-state index contributed by atoms with van der Waals surface area (Å²) in [6.45, 7) is 2.24. The summed E-state index contributed by atoms with van der Waals surface area (Å²) in [5.41, 5.74) is 0. The maximum absolute atomic E-state index is 8.85. The molecule has 1 unspecified atom stereocenters. The van der Waals surface area contributed by atoms with Crippen LogP contribution in [0.4, 0.5) is 5.13 Å². The van der Waals surface area contributed by atoms with Gasteiger partial charge in [-0.3, -0.25) is 0 Å². The van der Waals surface area contributed by atoms with Crippen molar-refractivity contribution < 1.29 is 5.11 Å². The highest BCUT2D eigenvalue weighted by Gasteiger charge is 2.07.